The predicted molar refractivity (Wildman–Crippen MR) is 73.6 cm³/mol. The molecule has 3 heterocycles. The van der Waals surface area contributed by atoms with Gasteiger partial charge in [0.05, 0.1) is 0 Å². The minimum Gasteiger partial charge on any atom is -0.308 e. The van der Waals surface area contributed by atoms with E-state index in [1.54, 1.807) is 0 Å². The van der Waals surface area contributed by atoms with Gasteiger partial charge in [0, 0.05) is 257 Å². The Kier molecular flexibility index (Phi) is 67.0. The molecule has 138 valence electrons. The van der Waals surface area contributed by atoms with Gasteiger partial charge >= 0.3 is 0 Å². The van der Waals surface area contributed by atoms with Gasteiger partial charge in [-0.1, -0.05) is 41.5 Å². The van der Waals surface area contributed by atoms with E-state index in [0.717, 1.165) is 0 Å². The topological polar surface area (TPSA) is 8.82 Å². The summed E-state index contributed by atoms with van der Waals surface area (Å²) >= 11 is 0. The number of imidazole rings is 1. The molecule has 0 aliphatic heterocycles. The van der Waals surface area contributed by atoms with Crippen molar-refractivity contribution in [1.82, 2.24) is 8.80 Å². The Labute approximate surface area is 316 Å². The molecular formula is C14H24Ar6N2. The number of aromatic nitrogens is 2. The first-order valence-electron chi connectivity index (χ1n) is 6.31. The van der Waals surface area contributed by atoms with Gasteiger partial charge < -0.3 is 8.80 Å². The average molecular weight is 460 g/mol. The molecule has 0 aromatic carbocycles. The molecule has 0 aliphatic carbocycles. The molecule has 0 radical (unpaired) electrons. The van der Waals surface area contributed by atoms with Crippen LogP contribution >= 0.6 is 0 Å². The van der Waals surface area contributed by atoms with Crippen molar-refractivity contribution in [3.8, 4) is 0 Å². The molecule has 2 nitrogen and oxygen atoms in total. The van der Waals surface area contributed by atoms with Crippen molar-refractivity contribution >= 4 is 11.0 Å². The smallest absolute Gasteiger partial charge is 0.128 e. The van der Waals surface area contributed by atoms with Crippen LogP contribution in [0.3, 0.4) is 0 Å². The van der Waals surface area contributed by atoms with Gasteiger partial charge in [-0.3, -0.25) is 0 Å². The Morgan fingerprint density at radius 2 is 0.773 bits per heavy atom. The second-order valence-corrected chi connectivity index (χ2v) is 2.52. The zero-order valence-corrected chi connectivity index (χ0v) is 17.7. The second-order valence-electron chi connectivity index (χ2n) is 2.52. The zero-order valence-electron chi connectivity index (χ0n) is 13.5. The first-order valence-corrected chi connectivity index (χ1v) is 6.31. The first-order chi connectivity index (χ1) is 7.95. The van der Waals surface area contributed by atoms with Crippen LogP contribution in [0.1, 0.15) is 41.5 Å². The fraction of sp³-hybridized carbons (Fsp3) is 0.429. The number of nitrogens with zero attached hydrogens (tertiary/aromatic N) is 2. The fourth-order valence-electron chi connectivity index (χ4n) is 1.48. The Bertz CT molecular complexity index is 380. The van der Waals surface area contributed by atoms with Crippen LogP contribution in [0.4, 0.5) is 0 Å². The molecule has 8 heteroatoms. The van der Waals surface area contributed by atoms with Gasteiger partial charge in [0.25, 0.3) is 0 Å². The summed E-state index contributed by atoms with van der Waals surface area (Å²) in [6.07, 6.45) is 8.26. The van der Waals surface area contributed by atoms with Crippen LogP contribution < -0.4 is 0 Å². The van der Waals surface area contributed by atoms with Crippen LogP contribution in [0.15, 0.2) is 36.9 Å². The third-order valence-electron chi connectivity index (χ3n) is 1.96. The maximum atomic E-state index is 2.12. The van der Waals surface area contributed by atoms with Crippen molar-refractivity contribution in [1.29, 1.82) is 0 Å². The van der Waals surface area contributed by atoms with E-state index >= 15 is 0 Å². The van der Waals surface area contributed by atoms with Crippen LogP contribution in [0, 0.1) is 226 Å². The quantitative estimate of drug-likeness (QED) is 0.460. The Balaban J connectivity index is -0.0000000345. The van der Waals surface area contributed by atoms with Gasteiger partial charge in [0.15, 0.2) is 0 Å². The van der Waals surface area contributed by atoms with Crippen molar-refractivity contribution in [2.45, 2.75) is 41.5 Å². The molecule has 0 amide bonds. The minimum absolute atomic E-state index is 0. The molecule has 0 unspecified atom stereocenters. The number of hydrogen-bond donors (Lipinski definition) is 0. The van der Waals surface area contributed by atoms with E-state index in [1.807, 2.05) is 41.5 Å². The summed E-state index contributed by atoms with van der Waals surface area (Å²) < 4.78 is 4.24. The summed E-state index contributed by atoms with van der Waals surface area (Å²) in [5, 5.41) is 1.31. The van der Waals surface area contributed by atoms with Crippen LogP contribution in [0.2, 0.25) is 0 Å². The van der Waals surface area contributed by atoms with E-state index in [2.05, 4.69) is 45.7 Å². The third-order valence-corrected chi connectivity index (χ3v) is 1.96. The molecule has 0 bridgehead atoms. The van der Waals surface area contributed by atoms with Gasteiger partial charge in [-0.15, -0.1) is 0 Å². The maximum absolute atomic E-state index is 2.12. The van der Waals surface area contributed by atoms with Crippen molar-refractivity contribution < 1.29 is 226 Å². The van der Waals surface area contributed by atoms with Crippen molar-refractivity contribution in [2.24, 2.45) is 0 Å². The molecule has 22 heavy (non-hydrogen) atoms. The summed E-state index contributed by atoms with van der Waals surface area (Å²) in [4.78, 5) is 0. The minimum atomic E-state index is 0. The third kappa shape index (κ3) is 15.0. The molecule has 3 aromatic heterocycles. The molecule has 0 saturated heterocycles. The molecule has 3 aromatic rings. The SMILES string of the molecule is CC.CC.CC.[Ar].[Ar].[Ar].[Ar].[Ar].[Ar].c1cn2ccn3ccc1c23. The standard InChI is InChI=1S/C8H6N2.3C2H6.6Ar/c1-3-9-5-6-10-4-2-7(1)8(9)10;3*1-2;;;;;;/h1-6H;3*1-2H3;;;;;;. The largest absolute Gasteiger partial charge is 0.308 e. The van der Waals surface area contributed by atoms with Gasteiger partial charge in [-0.05, 0) is 12.1 Å². The fourth-order valence-corrected chi connectivity index (χ4v) is 1.48. The zero-order chi connectivity index (χ0) is 12.6. The van der Waals surface area contributed by atoms with E-state index in [1.165, 1.54) is 11.0 Å². The van der Waals surface area contributed by atoms with Crippen molar-refractivity contribution in [3.63, 3.8) is 0 Å². The van der Waals surface area contributed by atoms with E-state index < -0.39 is 0 Å². The molecule has 3 rings (SSSR count). The van der Waals surface area contributed by atoms with Gasteiger partial charge in [0.1, 0.15) is 5.65 Å². The van der Waals surface area contributed by atoms with E-state index in [-0.39, 0.29) is 226 Å². The normalized spacial score (nSPS) is 6.27. The van der Waals surface area contributed by atoms with Gasteiger partial charge in [-0.2, -0.15) is 0 Å². The molecule has 0 saturated carbocycles. The summed E-state index contributed by atoms with van der Waals surface area (Å²) in [5.41, 5.74) is 1.28. The molecule has 0 N–H and O–H groups in total. The molecule has 0 aliphatic rings. The monoisotopic (exact) mass is 460 g/mol. The van der Waals surface area contributed by atoms with Crippen LogP contribution in [0.5, 0.6) is 0 Å². The van der Waals surface area contributed by atoms with Crippen LogP contribution in [0.25, 0.3) is 11.0 Å². The van der Waals surface area contributed by atoms with E-state index in [9.17, 15) is 0 Å². The van der Waals surface area contributed by atoms with Gasteiger partial charge in [-0.25, -0.2) is 0 Å². The Hall–Kier alpha value is 6.12. The average Bonchev–Trinajstić information content (AvgIpc) is 3.07. The summed E-state index contributed by atoms with van der Waals surface area (Å²) in [5.74, 6) is 0. The molecule has 0 spiro atoms. The maximum Gasteiger partial charge on any atom is 0.128 e. The first kappa shape index (κ1) is 46.4. The van der Waals surface area contributed by atoms with E-state index in [0.29, 0.717) is 0 Å². The van der Waals surface area contributed by atoms with Crippen molar-refractivity contribution in [3.05, 3.63) is 36.9 Å². The van der Waals surface area contributed by atoms with E-state index in [4.69, 9.17) is 0 Å². The molecule has 0 fully saturated rings. The summed E-state index contributed by atoms with van der Waals surface area (Å²) in [7, 11) is 0. The Morgan fingerprint density at radius 3 is 1.05 bits per heavy atom. The van der Waals surface area contributed by atoms with Crippen LogP contribution in [-0.2, 0) is 0 Å². The summed E-state index contributed by atoms with van der Waals surface area (Å²) in [6, 6.07) is 4.24. The molecular weight excluding hydrogens is 436 g/mol. The number of hydrogen-bond acceptors (Lipinski definition) is 0. The second kappa shape index (κ2) is 31.8. The summed E-state index contributed by atoms with van der Waals surface area (Å²) in [6.45, 7) is 12.0. The number of rotatable bonds is 0. The predicted octanol–water partition coefficient (Wildman–Crippen LogP) is 4.71. The van der Waals surface area contributed by atoms with Crippen molar-refractivity contribution in [2.75, 3.05) is 0 Å². The molecule has 0 atom stereocenters. The Morgan fingerprint density at radius 1 is 0.500 bits per heavy atom. The van der Waals surface area contributed by atoms with Gasteiger partial charge in [0.2, 0.25) is 0 Å². The van der Waals surface area contributed by atoms with Crippen LogP contribution in [-0.4, -0.2) is 8.80 Å².